The van der Waals surface area contributed by atoms with Crippen LogP contribution in [0.25, 0.3) is 11.0 Å². The van der Waals surface area contributed by atoms with Gasteiger partial charge in [-0.3, -0.25) is 4.79 Å². The van der Waals surface area contributed by atoms with E-state index in [1.807, 2.05) is 73.6 Å². The molecule has 1 aromatic carbocycles. The Hall–Kier alpha value is -2.43. The Bertz CT molecular complexity index is 1200. The van der Waals surface area contributed by atoms with Crippen molar-refractivity contribution in [1.29, 1.82) is 0 Å². The van der Waals surface area contributed by atoms with E-state index in [0.717, 1.165) is 40.7 Å². The summed E-state index contributed by atoms with van der Waals surface area (Å²) in [6, 6.07) is 11.1. The van der Waals surface area contributed by atoms with Crippen molar-refractivity contribution in [3.63, 3.8) is 0 Å². The van der Waals surface area contributed by atoms with E-state index in [1.54, 1.807) is 6.20 Å². The van der Waals surface area contributed by atoms with Crippen LogP contribution < -0.4 is 4.74 Å². The zero-order valence-corrected chi connectivity index (χ0v) is 26.3. The van der Waals surface area contributed by atoms with Gasteiger partial charge >= 0.3 is 0 Å². The second-order valence-corrected chi connectivity index (χ2v) is 11.0. The Morgan fingerprint density at radius 3 is 2.27 bits per heavy atom. The van der Waals surface area contributed by atoms with Gasteiger partial charge in [-0.2, -0.15) is 17.2 Å². The van der Waals surface area contributed by atoms with E-state index < -0.39 is 0 Å². The molecule has 3 aromatic rings. The number of hydrogen-bond acceptors (Lipinski definition) is 5. The van der Waals surface area contributed by atoms with Gasteiger partial charge in [0.25, 0.3) is 0 Å². The summed E-state index contributed by atoms with van der Waals surface area (Å²) in [5, 5.41) is 10.7. The van der Waals surface area contributed by atoms with Crippen molar-refractivity contribution in [1.82, 2.24) is 4.98 Å². The van der Waals surface area contributed by atoms with Crippen LogP contribution in [-0.4, -0.2) is 15.9 Å². The molecule has 3 rings (SSSR count). The molecule has 0 spiro atoms. The van der Waals surface area contributed by atoms with Gasteiger partial charge in [0.2, 0.25) is 5.88 Å². The summed E-state index contributed by atoms with van der Waals surface area (Å²) in [4.78, 5) is 16.2. The fourth-order valence-corrected chi connectivity index (χ4v) is 3.21. The van der Waals surface area contributed by atoms with Crippen LogP contribution in [0.2, 0.25) is 0 Å². The van der Waals surface area contributed by atoms with E-state index in [9.17, 15) is 9.90 Å². The molecule has 2 aromatic heterocycles. The van der Waals surface area contributed by atoms with Gasteiger partial charge in [0, 0.05) is 60.9 Å². The van der Waals surface area contributed by atoms with Gasteiger partial charge < -0.3 is 14.3 Å². The number of carbonyl (C=O) groups excluding carboxylic acids is 1. The number of furan rings is 1. The van der Waals surface area contributed by atoms with E-state index in [0.29, 0.717) is 17.5 Å². The second kappa shape index (κ2) is 13.4. The zero-order valence-electron chi connectivity index (χ0n) is 23.9. The number of fused-ring (bicyclic) bond motifs is 1. The van der Waals surface area contributed by atoms with Gasteiger partial charge in [-0.15, -0.1) is 12.1 Å². The first-order chi connectivity index (χ1) is 16.7. The molecule has 5 nitrogen and oxygen atoms in total. The number of hydrogen-bond donors (Lipinski definition) is 1. The van der Waals surface area contributed by atoms with Crippen LogP contribution >= 0.6 is 0 Å². The number of rotatable bonds is 8. The van der Waals surface area contributed by atoms with E-state index in [1.165, 1.54) is 6.08 Å². The quantitative estimate of drug-likeness (QED) is 0.146. The number of benzene rings is 1. The number of aliphatic hydroxyl groups is 1. The smallest absolute Gasteiger partial charge is 0.228 e. The molecule has 205 valence electrons. The number of aromatic nitrogens is 1. The molecule has 1 N–H and O–H groups in total. The van der Waals surface area contributed by atoms with Crippen molar-refractivity contribution >= 4 is 16.8 Å². The van der Waals surface area contributed by atoms with Crippen LogP contribution in [0.4, 0.5) is 0 Å². The maximum atomic E-state index is 11.8. The Morgan fingerprint density at radius 1 is 1.11 bits per heavy atom. The van der Waals surface area contributed by atoms with Crippen molar-refractivity contribution in [2.75, 3.05) is 0 Å². The summed E-state index contributed by atoms with van der Waals surface area (Å²) in [7, 11) is 0. The fraction of sp³-hybridized carbons (Fsp3) is 0.484. The minimum atomic E-state index is -0.377. The molecule has 0 unspecified atom stereocenters. The number of ketones is 1. The molecular weight excluding hydrogens is 643 g/mol. The average molecular weight is 685 g/mol. The Balaban J connectivity index is 0.000000384. The van der Waals surface area contributed by atoms with Gasteiger partial charge in [0.15, 0.2) is 5.78 Å². The predicted molar refractivity (Wildman–Crippen MR) is 147 cm³/mol. The van der Waals surface area contributed by atoms with Gasteiger partial charge in [-0.05, 0) is 18.9 Å². The van der Waals surface area contributed by atoms with Crippen LogP contribution in [0.1, 0.15) is 91.0 Å². The maximum absolute atomic E-state index is 11.8. The fourth-order valence-electron chi connectivity index (χ4n) is 3.21. The standard InChI is InChI=1S/C18H18NO2.C13H24O2.Ir/c1-11(2)17-10-15-16(21-17)5-6-19-18(15)20-14-8-12(3)7-13(4)9-14;1-7-12(3,4)10(14)9-11(15)13(5,6)8-2;/h5-8,10-11H,1-4H3;9,14H,7-8H2,1-6H3;/q-1;;/b;10-9-;. The number of ether oxygens (including phenoxy) is 1. The van der Waals surface area contributed by atoms with E-state index in [4.69, 9.17) is 9.15 Å². The maximum Gasteiger partial charge on any atom is 0.228 e. The Morgan fingerprint density at radius 2 is 1.73 bits per heavy atom. The number of carbonyl (C=O) groups is 1. The normalized spacial score (nSPS) is 12.1. The molecule has 37 heavy (non-hydrogen) atoms. The average Bonchev–Trinajstić information content (AvgIpc) is 3.24. The SMILES string of the molecule is CCC(C)(C)C(=O)/C=C(\O)C(C)(C)CC.Cc1[c-]c(Oc2nccc3oc(C(C)C)cc23)cc(C)c1.[Ir]. The third kappa shape index (κ3) is 8.83. The summed E-state index contributed by atoms with van der Waals surface area (Å²) in [6.07, 6.45) is 4.69. The summed E-state index contributed by atoms with van der Waals surface area (Å²) in [5.74, 6) is 2.70. The second-order valence-electron chi connectivity index (χ2n) is 11.0. The van der Waals surface area contributed by atoms with E-state index in [-0.39, 0.29) is 42.5 Å². The molecule has 0 atom stereocenters. The van der Waals surface area contributed by atoms with Crippen molar-refractivity contribution < 1.29 is 39.2 Å². The molecule has 0 bridgehead atoms. The van der Waals surface area contributed by atoms with Gasteiger partial charge in [0.05, 0.1) is 5.39 Å². The number of allylic oxidation sites excluding steroid dienone is 2. The van der Waals surface area contributed by atoms with Crippen LogP contribution in [0.15, 0.2) is 46.7 Å². The molecule has 6 heteroatoms. The van der Waals surface area contributed by atoms with Gasteiger partial charge in [0.1, 0.15) is 17.1 Å². The largest absolute Gasteiger partial charge is 0.512 e. The van der Waals surface area contributed by atoms with Crippen LogP contribution in [-0.2, 0) is 24.9 Å². The molecule has 1 radical (unpaired) electrons. The molecule has 0 aliphatic heterocycles. The topological polar surface area (TPSA) is 72.6 Å². The van der Waals surface area contributed by atoms with Crippen molar-refractivity contribution in [2.45, 2.75) is 88.0 Å². The molecule has 2 heterocycles. The number of aryl methyl sites for hydroxylation is 2. The molecule has 0 saturated carbocycles. The third-order valence-electron chi connectivity index (χ3n) is 6.72. The Labute approximate surface area is 236 Å². The number of pyridine rings is 1. The summed E-state index contributed by atoms with van der Waals surface area (Å²) in [5.41, 5.74) is 2.31. The zero-order chi connectivity index (χ0) is 27.3. The summed E-state index contributed by atoms with van der Waals surface area (Å²) < 4.78 is 11.7. The molecule has 0 amide bonds. The molecular formula is C31H42IrNO4-. The summed E-state index contributed by atoms with van der Waals surface area (Å²) in [6.45, 7) is 19.9. The molecule has 0 fully saturated rings. The Kier molecular flexibility index (Phi) is 11.8. The first-order valence-corrected chi connectivity index (χ1v) is 12.7. The van der Waals surface area contributed by atoms with E-state index in [2.05, 4.69) is 31.0 Å². The number of aliphatic hydroxyl groups excluding tert-OH is 1. The summed E-state index contributed by atoms with van der Waals surface area (Å²) >= 11 is 0. The predicted octanol–water partition coefficient (Wildman–Crippen LogP) is 9.03. The van der Waals surface area contributed by atoms with Crippen molar-refractivity contribution in [3.05, 3.63) is 65.3 Å². The monoisotopic (exact) mass is 685 g/mol. The minimum Gasteiger partial charge on any atom is -0.512 e. The van der Waals surface area contributed by atoms with Crippen LogP contribution in [0, 0.1) is 30.7 Å². The van der Waals surface area contributed by atoms with Crippen molar-refractivity contribution in [3.8, 4) is 11.6 Å². The van der Waals surface area contributed by atoms with Crippen LogP contribution in [0.5, 0.6) is 11.6 Å². The van der Waals surface area contributed by atoms with Crippen LogP contribution in [0.3, 0.4) is 0 Å². The molecule has 0 aliphatic rings. The molecule has 0 aliphatic carbocycles. The van der Waals surface area contributed by atoms with Gasteiger partial charge in [-0.25, -0.2) is 4.98 Å². The molecule has 0 saturated heterocycles. The third-order valence-corrected chi connectivity index (χ3v) is 6.72. The van der Waals surface area contributed by atoms with Gasteiger partial charge in [-0.1, -0.05) is 69.2 Å². The first-order valence-electron chi connectivity index (χ1n) is 12.7. The first kappa shape index (κ1) is 32.6. The van der Waals surface area contributed by atoms with E-state index >= 15 is 0 Å². The van der Waals surface area contributed by atoms with Crippen molar-refractivity contribution in [2.24, 2.45) is 10.8 Å². The number of nitrogens with zero attached hydrogens (tertiary/aromatic N) is 1. The minimum absolute atomic E-state index is 0.